The Morgan fingerprint density at radius 3 is 2.47 bits per heavy atom. The van der Waals surface area contributed by atoms with E-state index in [2.05, 4.69) is 13.0 Å². The van der Waals surface area contributed by atoms with Crippen LogP contribution in [0.1, 0.15) is 52.4 Å². The first-order valence-corrected chi connectivity index (χ1v) is 5.49. The Morgan fingerprint density at radius 2 is 2.07 bits per heavy atom. The molecule has 0 aliphatic heterocycles. The van der Waals surface area contributed by atoms with Crippen molar-refractivity contribution in [3.05, 3.63) is 11.6 Å². The minimum Gasteiger partial charge on any atom is -0.481 e. The van der Waals surface area contributed by atoms with Gasteiger partial charge in [0.2, 0.25) is 0 Å². The maximum atomic E-state index is 11.1. The van der Waals surface area contributed by atoms with E-state index in [1.807, 2.05) is 0 Å². The molecule has 3 heteroatoms. The number of unbranched alkanes of at least 4 members (excludes halogenated alkanes) is 2. The van der Waals surface area contributed by atoms with E-state index in [0.29, 0.717) is 5.78 Å². The van der Waals surface area contributed by atoms with Crippen molar-refractivity contribution in [1.29, 1.82) is 0 Å². The van der Waals surface area contributed by atoms with Gasteiger partial charge in [-0.25, -0.2) is 0 Å². The lowest BCUT2D eigenvalue weighted by Gasteiger charge is -1.98. The lowest BCUT2D eigenvalue weighted by Crippen LogP contribution is -1.94. The Kier molecular flexibility index (Phi) is 7.60. The summed E-state index contributed by atoms with van der Waals surface area (Å²) < 4.78 is 0. The molecule has 0 aromatic carbocycles. The molecule has 0 saturated carbocycles. The van der Waals surface area contributed by atoms with E-state index in [1.165, 1.54) is 19.3 Å². The fourth-order valence-electron chi connectivity index (χ4n) is 1.46. The second-order valence-electron chi connectivity index (χ2n) is 3.67. The molecule has 1 rings (SSSR count). The molecule has 0 spiro atoms. The lowest BCUT2D eigenvalue weighted by molar-refractivity contribution is -0.134. The highest BCUT2D eigenvalue weighted by Crippen LogP contribution is 2.19. The lowest BCUT2D eigenvalue weighted by atomic mass is 10.1. The van der Waals surface area contributed by atoms with Crippen molar-refractivity contribution >= 4 is 11.8 Å². The highest BCUT2D eigenvalue weighted by atomic mass is 16.4. The van der Waals surface area contributed by atoms with Gasteiger partial charge in [-0.3, -0.25) is 9.59 Å². The molecule has 0 atom stereocenters. The molecule has 0 aromatic rings. The van der Waals surface area contributed by atoms with Gasteiger partial charge in [-0.2, -0.15) is 0 Å². The van der Waals surface area contributed by atoms with E-state index >= 15 is 0 Å². The molecule has 1 N–H and O–H groups in total. The van der Waals surface area contributed by atoms with Crippen molar-refractivity contribution in [2.75, 3.05) is 0 Å². The quantitative estimate of drug-likeness (QED) is 0.729. The molecule has 0 unspecified atom stereocenters. The second-order valence-corrected chi connectivity index (χ2v) is 3.67. The van der Waals surface area contributed by atoms with Crippen LogP contribution in [0.2, 0.25) is 0 Å². The number of hydrogen-bond donors (Lipinski definition) is 1. The van der Waals surface area contributed by atoms with Crippen LogP contribution in [0.15, 0.2) is 11.6 Å². The molecule has 1 aliphatic rings. The van der Waals surface area contributed by atoms with Gasteiger partial charge >= 0.3 is 0 Å². The number of allylic oxidation sites excluding steroid dienone is 2. The van der Waals surface area contributed by atoms with Crippen LogP contribution in [0.5, 0.6) is 0 Å². The van der Waals surface area contributed by atoms with Crippen LogP contribution in [0.3, 0.4) is 0 Å². The van der Waals surface area contributed by atoms with Crippen molar-refractivity contribution in [1.82, 2.24) is 0 Å². The molecule has 15 heavy (non-hydrogen) atoms. The van der Waals surface area contributed by atoms with Gasteiger partial charge in [0.1, 0.15) is 0 Å². The van der Waals surface area contributed by atoms with Crippen LogP contribution in [0.4, 0.5) is 0 Å². The fraction of sp³-hybridized carbons (Fsp3) is 0.667. The Bertz CT molecular complexity index is 237. The van der Waals surface area contributed by atoms with Gasteiger partial charge in [0.05, 0.1) is 0 Å². The van der Waals surface area contributed by atoms with Crippen molar-refractivity contribution in [3.63, 3.8) is 0 Å². The second kappa shape index (κ2) is 8.21. The topological polar surface area (TPSA) is 54.4 Å². The molecule has 0 amide bonds. The van der Waals surface area contributed by atoms with Crippen LogP contribution < -0.4 is 0 Å². The summed E-state index contributed by atoms with van der Waals surface area (Å²) >= 11 is 0. The number of aliphatic carboxylic acids is 1. The van der Waals surface area contributed by atoms with Crippen LogP contribution in [0, 0.1) is 0 Å². The molecule has 0 heterocycles. The number of ketones is 1. The Labute approximate surface area is 91.2 Å². The molecule has 1 aliphatic carbocycles. The minimum absolute atomic E-state index is 0.390. The first-order valence-electron chi connectivity index (χ1n) is 5.49. The molecule has 86 valence electrons. The zero-order valence-corrected chi connectivity index (χ0v) is 9.58. The summed E-state index contributed by atoms with van der Waals surface area (Å²) in [7, 11) is 0. The van der Waals surface area contributed by atoms with E-state index in [4.69, 9.17) is 9.90 Å². The van der Waals surface area contributed by atoms with E-state index in [9.17, 15) is 4.79 Å². The summed E-state index contributed by atoms with van der Waals surface area (Å²) in [4.78, 5) is 20.1. The normalized spacial score (nSPS) is 14.3. The predicted octanol–water partition coefficient (Wildman–Crippen LogP) is 2.95. The Hall–Kier alpha value is -1.12. The van der Waals surface area contributed by atoms with E-state index < -0.39 is 5.97 Å². The van der Waals surface area contributed by atoms with Gasteiger partial charge in [0.25, 0.3) is 5.97 Å². The summed E-state index contributed by atoms with van der Waals surface area (Å²) in [5.41, 5.74) is 1.10. The maximum absolute atomic E-state index is 11.1. The molecular weight excluding hydrogens is 192 g/mol. The number of hydrogen-bond acceptors (Lipinski definition) is 2. The first-order chi connectivity index (χ1) is 7.07. The van der Waals surface area contributed by atoms with Crippen LogP contribution in [-0.4, -0.2) is 16.9 Å². The number of rotatable bonds is 4. The summed E-state index contributed by atoms with van der Waals surface area (Å²) in [6, 6.07) is 0. The summed E-state index contributed by atoms with van der Waals surface area (Å²) in [6.07, 6.45) is 8.56. The van der Waals surface area contributed by atoms with Crippen LogP contribution in [-0.2, 0) is 9.59 Å². The van der Waals surface area contributed by atoms with E-state index in [0.717, 1.165) is 31.8 Å². The van der Waals surface area contributed by atoms with Crippen molar-refractivity contribution < 1.29 is 14.7 Å². The van der Waals surface area contributed by atoms with Gasteiger partial charge in [0.15, 0.2) is 5.78 Å². The summed E-state index contributed by atoms with van der Waals surface area (Å²) in [5, 5.41) is 7.42. The fourth-order valence-corrected chi connectivity index (χ4v) is 1.46. The van der Waals surface area contributed by atoms with Gasteiger partial charge in [-0.05, 0) is 24.8 Å². The predicted molar refractivity (Wildman–Crippen MR) is 59.8 cm³/mol. The number of carboxylic acids is 1. The van der Waals surface area contributed by atoms with E-state index in [1.54, 1.807) is 0 Å². The van der Waals surface area contributed by atoms with Crippen molar-refractivity contribution in [3.8, 4) is 0 Å². The smallest absolute Gasteiger partial charge is 0.300 e. The molecular formula is C12H20O3. The third-order valence-corrected chi connectivity index (χ3v) is 2.17. The Morgan fingerprint density at radius 1 is 1.47 bits per heavy atom. The number of carbonyl (C=O) groups excluding carboxylic acids is 1. The third-order valence-electron chi connectivity index (χ3n) is 2.17. The number of carbonyl (C=O) groups is 2. The molecule has 0 bridgehead atoms. The average Bonchev–Trinajstić information content (AvgIpc) is 2.51. The zero-order valence-electron chi connectivity index (χ0n) is 9.58. The average molecular weight is 212 g/mol. The van der Waals surface area contributed by atoms with E-state index in [-0.39, 0.29) is 0 Å². The molecule has 0 fully saturated rings. The van der Waals surface area contributed by atoms with Crippen LogP contribution >= 0.6 is 0 Å². The first kappa shape index (κ1) is 13.9. The van der Waals surface area contributed by atoms with Gasteiger partial charge in [0, 0.05) is 13.3 Å². The third kappa shape index (κ3) is 7.91. The SMILES string of the molecule is CC(=O)O.CCCCCC1=CCCC1=O. The van der Waals surface area contributed by atoms with Gasteiger partial charge < -0.3 is 5.11 Å². The number of Topliss-reactive ketones (excluding diaryl/α,β-unsaturated/α-hetero) is 1. The highest BCUT2D eigenvalue weighted by Gasteiger charge is 2.13. The monoisotopic (exact) mass is 212 g/mol. The van der Waals surface area contributed by atoms with Crippen molar-refractivity contribution in [2.45, 2.75) is 52.4 Å². The van der Waals surface area contributed by atoms with Gasteiger partial charge in [-0.15, -0.1) is 0 Å². The van der Waals surface area contributed by atoms with Gasteiger partial charge in [-0.1, -0.05) is 25.8 Å². The largest absolute Gasteiger partial charge is 0.481 e. The molecule has 0 saturated heterocycles. The minimum atomic E-state index is -0.833. The zero-order chi connectivity index (χ0) is 11.7. The molecule has 0 aromatic heterocycles. The maximum Gasteiger partial charge on any atom is 0.300 e. The highest BCUT2D eigenvalue weighted by molar-refractivity contribution is 5.97. The standard InChI is InChI=1S/C10H16O.C2H4O2/c1-2-3-4-6-9-7-5-8-10(9)11;1-2(3)4/h7H,2-6,8H2,1H3;1H3,(H,3,4). The summed E-state index contributed by atoms with van der Waals surface area (Å²) in [5.74, 6) is -0.443. The molecule has 0 radical (unpaired) electrons. The summed E-state index contributed by atoms with van der Waals surface area (Å²) in [6.45, 7) is 3.27. The number of carboxylic acid groups (broad SMARTS) is 1. The van der Waals surface area contributed by atoms with Crippen LogP contribution in [0.25, 0.3) is 0 Å². The van der Waals surface area contributed by atoms with Crippen molar-refractivity contribution in [2.24, 2.45) is 0 Å². The molecule has 3 nitrogen and oxygen atoms in total. The Balaban J connectivity index is 0.000000423.